The molecule has 1 atom stereocenters. The molecule has 2 aromatic heterocycles. The minimum Gasteiger partial charge on any atom is -0.451 e. The summed E-state index contributed by atoms with van der Waals surface area (Å²) >= 11 is 0. The quantitative estimate of drug-likeness (QED) is 0.750. The molecule has 3 aromatic rings. The molecule has 7 nitrogen and oxygen atoms in total. The Kier molecular flexibility index (Phi) is 4.26. The Morgan fingerprint density at radius 2 is 2.19 bits per heavy atom. The maximum Gasteiger partial charge on any atom is 0.289 e. The van der Waals surface area contributed by atoms with Crippen LogP contribution in [0.1, 0.15) is 40.0 Å². The Morgan fingerprint density at radius 1 is 1.35 bits per heavy atom. The number of aliphatic hydroxyl groups excluding tert-OH is 2. The first-order valence-electron chi connectivity index (χ1n) is 8.71. The topological polar surface area (TPSA) is 91.7 Å². The molecular weight excluding hydrogens is 334 g/mol. The fraction of sp³-hybridized carbons (Fsp3) is 0.368. The molecule has 0 radical (unpaired) electrons. The lowest BCUT2D eigenvalue weighted by Crippen LogP contribution is -2.30. The van der Waals surface area contributed by atoms with Gasteiger partial charge in [-0.15, -0.1) is 0 Å². The summed E-state index contributed by atoms with van der Waals surface area (Å²) in [6.07, 6.45) is -0.245. The van der Waals surface area contributed by atoms with Crippen molar-refractivity contribution in [2.24, 2.45) is 0 Å². The highest BCUT2D eigenvalue weighted by atomic mass is 16.3. The molecule has 1 aromatic carbocycles. The Hall–Kier alpha value is -2.64. The van der Waals surface area contributed by atoms with Gasteiger partial charge in [-0.2, -0.15) is 5.10 Å². The van der Waals surface area contributed by atoms with Crippen LogP contribution >= 0.6 is 0 Å². The Morgan fingerprint density at radius 3 is 2.96 bits per heavy atom. The highest BCUT2D eigenvalue weighted by molar-refractivity contribution is 5.96. The predicted molar refractivity (Wildman–Crippen MR) is 94.6 cm³/mol. The summed E-state index contributed by atoms with van der Waals surface area (Å²) < 4.78 is 7.61. The normalized spacial score (nSPS) is 15.7. The van der Waals surface area contributed by atoms with Crippen LogP contribution in [-0.4, -0.2) is 44.0 Å². The second-order valence-electron chi connectivity index (χ2n) is 6.67. The van der Waals surface area contributed by atoms with Crippen molar-refractivity contribution in [3.63, 3.8) is 0 Å². The van der Waals surface area contributed by atoms with Gasteiger partial charge in [0.25, 0.3) is 5.91 Å². The zero-order valence-corrected chi connectivity index (χ0v) is 14.6. The molecule has 26 heavy (non-hydrogen) atoms. The van der Waals surface area contributed by atoms with E-state index in [1.807, 2.05) is 25.1 Å². The predicted octanol–water partition coefficient (Wildman–Crippen LogP) is 2.01. The van der Waals surface area contributed by atoms with Gasteiger partial charge < -0.3 is 19.5 Å². The molecule has 1 aliphatic rings. The molecule has 0 saturated carbocycles. The number of hydrogen-bond donors (Lipinski definition) is 2. The van der Waals surface area contributed by atoms with Crippen LogP contribution in [0.2, 0.25) is 0 Å². The van der Waals surface area contributed by atoms with Gasteiger partial charge in [-0.25, -0.2) is 0 Å². The van der Waals surface area contributed by atoms with Crippen molar-refractivity contribution in [3.8, 4) is 0 Å². The minimum absolute atomic E-state index is 0.153. The molecule has 3 heterocycles. The van der Waals surface area contributed by atoms with Gasteiger partial charge in [0.05, 0.1) is 24.5 Å². The second kappa shape index (κ2) is 6.59. The molecule has 1 unspecified atom stereocenters. The van der Waals surface area contributed by atoms with Gasteiger partial charge in [0, 0.05) is 18.5 Å². The third-order valence-corrected chi connectivity index (χ3v) is 4.79. The van der Waals surface area contributed by atoms with Crippen molar-refractivity contribution in [1.82, 2.24) is 14.7 Å². The number of benzene rings is 1. The summed E-state index contributed by atoms with van der Waals surface area (Å²) in [5.74, 6) is 0.178. The number of rotatable bonds is 3. The molecule has 0 fully saturated rings. The molecule has 1 amide bonds. The van der Waals surface area contributed by atoms with Crippen LogP contribution in [0.25, 0.3) is 11.0 Å². The minimum atomic E-state index is -1.00. The summed E-state index contributed by atoms with van der Waals surface area (Å²) in [5.41, 5.74) is 3.00. The van der Waals surface area contributed by atoms with Gasteiger partial charge in [-0.05, 0) is 31.0 Å². The third kappa shape index (κ3) is 2.89. The number of hydrogen-bond acceptors (Lipinski definition) is 5. The van der Waals surface area contributed by atoms with E-state index in [1.165, 1.54) is 0 Å². The first-order valence-corrected chi connectivity index (χ1v) is 8.71. The second-order valence-corrected chi connectivity index (χ2v) is 6.67. The highest BCUT2D eigenvalue weighted by Crippen LogP contribution is 2.25. The van der Waals surface area contributed by atoms with E-state index in [0.29, 0.717) is 31.1 Å². The number of fused-ring (bicyclic) bond motifs is 2. The SMILES string of the molecule is Cc1cccc2cc(C(=O)N3CCCn4nc(C(O)CO)cc4C3)oc12. The molecule has 1 aliphatic heterocycles. The van der Waals surface area contributed by atoms with E-state index >= 15 is 0 Å². The monoisotopic (exact) mass is 355 g/mol. The van der Waals surface area contributed by atoms with Gasteiger partial charge in [0.2, 0.25) is 0 Å². The number of furan rings is 1. The molecular formula is C19H21N3O4. The smallest absolute Gasteiger partial charge is 0.289 e. The molecule has 0 aliphatic carbocycles. The average molecular weight is 355 g/mol. The average Bonchev–Trinajstić information content (AvgIpc) is 3.20. The molecule has 2 N–H and O–H groups in total. The lowest BCUT2D eigenvalue weighted by Gasteiger charge is -2.18. The van der Waals surface area contributed by atoms with Crippen LogP contribution in [-0.2, 0) is 13.1 Å². The summed E-state index contributed by atoms with van der Waals surface area (Å²) in [6, 6.07) is 9.37. The zero-order valence-electron chi connectivity index (χ0n) is 14.6. The maximum absolute atomic E-state index is 13.0. The van der Waals surface area contributed by atoms with E-state index in [4.69, 9.17) is 9.52 Å². The van der Waals surface area contributed by atoms with E-state index in [2.05, 4.69) is 5.10 Å². The van der Waals surface area contributed by atoms with Crippen molar-refractivity contribution in [1.29, 1.82) is 0 Å². The highest BCUT2D eigenvalue weighted by Gasteiger charge is 2.25. The third-order valence-electron chi connectivity index (χ3n) is 4.79. The maximum atomic E-state index is 13.0. The van der Waals surface area contributed by atoms with Gasteiger partial charge in [0.1, 0.15) is 11.7 Å². The van der Waals surface area contributed by atoms with Crippen molar-refractivity contribution in [2.75, 3.05) is 13.2 Å². The van der Waals surface area contributed by atoms with Crippen LogP contribution in [0, 0.1) is 6.92 Å². The van der Waals surface area contributed by atoms with Crippen LogP contribution in [0.5, 0.6) is 0 Å². The van der Waals surface area contributed by atoms with Crippen LogP contribution in [0.4, 0.5) is 0 Å². The Bertz CT molecular complexity index is 959. The molecule has 0 saturated heterocycles. The van der Waals surface area contributed by atoms with E-state index in [9.17, 15) is 9.90 Å². The Labute approximate surface area is 150 Å². The summed E-state index contributed by atoms with van der Waals surface area (Å²) in [6.45, 7) is 3.24. The van der Waals surface area contributed by atoms with Crippen LogP contribution < -0.4 is 0 Å². The molecule has 7 heteroatoms. The van der Waals surface area contributed by atoms with Crippen molar-refractivity contribution in [3.05, 3.63) is 53.0 Å². The van der Waals surface area contributed by atoms with Gasteiger partial charge in [-0.1, -0.05) is 18.2 Å². The zero-order chi connectivity index (χ0) is 18.3. The first kappa shape index (κ1) is 16.8. The van der Waals surface area contributed by atoms with Gasteiger partial charge >= 0.3 is 0 Å². The standard InChI is InChI=1S/C19H21N3O4/c1-12-4-2-5-13-8-17(26-18(12)13)19(25)21-6-3-7-22-14(10-21)9-15(20-22)16(24)11-23/h2,4-5,8-9,16,23-24H,3,6-7,10-11H2,1H3. The number of aromatic nitrogens is 2. The fourth-order valence-corrected chi connectivity index (χ4v) is 3.38. The number of carbonyl (C=O) groups is 1. The fourth-order valence-electron chi connectivity index (χ4n) is 3.38. The molecule has 0 spiro atoms. The van der Waals surface area contributed by atoms with E-state index < -0.39 is 6.10 Å². The molecule has 4 rings (SSSR count). The number of amides is 1. The summed E-state index contributed by atoms with van der Waals surface area (Å²) in [5, 5.41) is 24.2. The first-order chi connectivity index (χ1) is 12.6. The van der Waals surface area contributed by atoms with Crippen LogP contribution in [0.15, 0.2) is 34.7 Å². The van der Waals surface area contributed by atoms with Gasteiger partial charge in [0.15, 0.2) is 5.76 Å². The number of aryl methyl sites for hydroxylation is 2. The van der Waals surface area contributed by atoms with E-state index in [-0.39, 0.29) is 12.5 Å². The largest absolute Gasteiger partial charge is 0.451 e. The van der Waals surface area contributed by atoms with E-state index in [0.717, 1.165) is 28.6 Å². The van der Waals surface area contributed by atoms with Crippen molar-refractivity contribution >= 4 is 16.9 Å². The van der Waals surface area contributed by atoms with Crippen molar-refractivity contribution < 1.29 is 19.4 Å². The lowest BCUT2D eigenvalue weighted by molar-refractivity contribution is 0.0715. The van der Waals surface area contributed by atoms with Crippen LogP contribution in [0.3, 0.4) is 0 Å². The Balaban J connectivity index is 1.61. The summed E-state index contributed by atoms with van der Waals surface area (Å²) in [4.78, 5) is 14.7. The number of aliphatic hydroxyl groups is 2. The number of carbonyl (C=O) groups excluding carboxylic acids is 1. The number of nitrogens with zero attached hydrogens (tertiary/aromatic N) is 3. The molecule has 136 valence electrons. The number of para-hydroxylation sites is 1. The summed E-state index contributed by atoms with van der Waals surface area (Å²) in [7, 11) is 0. The van der Waals surface area contributed by atoms with Crippen molar-refractivity contribution in [2.45, 2.75) is 32.5 Å². The lowest BCUT2D eigenvalue weighted by atomic mass is 10.2. The van der Waals surface area contributed by atoms with Gasteiger partial charge in [-0.3, -0.25) is 9.48 Å². The van der Waals surface area contributed by atoms with E-state index in [1.54, 1.807) is 21.7 Å². The molecule has 0 bridgehead atoms.